The molecule has 0 bridgehead atoms. The first kappa shape index (κ1) is 26.1. The topological polar surface area (TPSA) is 62.3 Å². The number of H-pyrrole nitrogens is 1. The fraction of sp³-hybridized carbons (Fsp3) is 0.290. The number of fused-ring (bicyclic) bond motifs is 1. The minimum atomic E-state index is -0.226. The molecular weight excluding hydrogens is 463 g/mol. The molecule has 0 radical (unpaired) electrons. The van der Waals surface area contributed by atoms with E-state index >= 15 is 0 Å². The third-order valence-corrected chi connectivity index (χ3v) is 6.28. The number of aliphatic imine (C=N–C) groups is 1. The molecule has 0 aliphatic carbocycles. The highest BCUT2D eigenvalue weighted by molar-refractivity contribution is 5.82. The van der Waals surface area contributed by atoms with Crippen LogP contribution in [0, 0.1) is 18.7 Å². The van der Waals surface area contributed by atoms with Gasteiger partial charge in [0.15, 0.2) is 0 Å². The molecule has 0 atom stereocenters. The number of ether oxygens (including phenoxy) is 1. The van der Waals surface area contributed by atoms with Crippen molar-refractivity contribution in [2.24, 2.45) is 10.9 Å². The summed E-state index contributed by atoms with van der Waals surface area (Å²) in [5, 5.41) is 3.56. The highest BCUT2D eigenvalue weighted by Gasteiger charge is 2.14. The SMILES string of the molecule is C/C=N\C(NCc1cc(-c2ccc3nc(C)[nH]c3c2)ccc1OCC)=C(\Cc1cccc(F)c1)C(C)C. The first-order valence-electron chi connectivity index (χ1n) is 12.8. The van der Waals surface area contributed by atoms with Crippen molar-refractivity contribution in [2.75, 3.05) is 6.61 Å². The fourth-order valence-electron chi connectivity index (χ4n) is 4.49. The predicted molar refractivity (Wildman–Crippen MR) is 150 cm³/mol. The highest BCUT2D eigenvalue weighted by Crippen LogP contribution is 2.29. The van der Waals surface area contributed by atoms with E-state index in [1.165, 1.54) is 6.07 Å². The Morgan fingerprint density at radius 1 is 1.11 bits per heavy atom. The monoisotopic (exact) mass is 498 g/mol. The summed E-state index contributed by atoms with van der Waals surface area (Å²) in [4.78, 5) is 12.5. The number of allylic oxidation sites excluding steroid dienone is 1. The van der Waals surface area contributed by atoms with Gasteiger partial charge in [0.1, 0.15) is 23.2 Å². The lowest BCUT2D eigenvalue weighted by Gasteiger charge is -2.19. The van der Waals surface area contributed by atoms with E-state index in [1.54, 1.807) is 18.3 Å². The van der Waals surface area contributed by atoms with E-state index in [-0.39, 0.29) is 11.7 Å². The van der Waals surface area contributed by atoms with Gasteiger partial charge < -0.3 is 15.0 Å². The zero-order chi connectivity index (χ0) is 26.4. The molecular formula is C31H35FN4O. The Hall–Kier alpha value is -3.93. The van der Waals surface area contributed by atoms with Gasteiger partial charge in [-0.2, -0.15) is 0 Å². The quantitative estimate of drug-likeness (QED) is 0.224. The van der Waals surface area contributed by atoms with Crippen LogP contribution in [0.5, 0.6) is 5.75 Å². The molecule has 0 saturated heterocycles. The number of benzene rings is 3. The van der Waals surface area contributed by atoms with Crippen molar-refractivity contribution in [3.63, 3.8) is 0 Å². The van der Waals surface area contributed by atoms with Crippen LogP contribution >= 0.6 is 0 Å². The number of imidazole rings is 1. The third-order valence-electron chi connectivity index (χ3n) is 6.28. The van der Waals surface area contributed by atoms with Gasteiger partial charge in [-0.25, -0.2) is 14.4 Å². The Labute approximate surface area is 218 Å². The first-order valence-corrected chi connectivity index (χ1v) is 12.8. The van der Waals surface area contributed by atoms with Gasteiger partial charge in [-0.05, 0) is 91.8 Å². The maximum Gasteiger partial charge on any atom is 0.125 e. The van der Waals surface area contributed by atoms with Crippen LogP contribution < -0.4 is 10.1 Å². The molecule has 6 heteroatoms. The van der Waals surface area contributed by atoms with Crippen molar-refractivity contribution in [1.82, 2.24) is 15.3 Å². The maximum atomic E-state index is 13.8. The molecule has 1 aromatic heterocycles. The lowest BCUT2D eigenvalue weighted by Crippen LogP contribution is -2.18. The Morgan fingerprint density at radius 3 is 2.62 bits per heavy atom. The number of hydrogen-bond donors (Lipinski definition) is 2. The molecule has 37 heavy (non-hydrogen) atoms. The molecule has 0 amide bonds. The number of aromatic nitrogens is 2. The van der Waals surface area contributed by atoms with E-state index in [9.17, 15) is 4.39 Å². The molecule has 0 aliphatic rings. The number of nitrogens with one attached hydrogen (secondary N) is 2. The number of nitrogens with zero attached hydrogens (tertiary/aromatic N) is 2. The molecule has 3 aromatic carbocycles. The Balaban J connectivity index is 1.66. The van der Waals surface area contributed by atoms with Crippen LogP contribution in [0.4, 0.5) is 4.39 Å². The van der Waals surface area contributed by atoms with Gasteiger partial charge in [0.25, 0.3) is 0 Å². The van der Waals surface area contributed by atoms with Gasteiger partial charge >= 0.3 is 0 Å². The summed E-state index contributed by atoms with van der Waals surface area (Å²) in [6.07, 6.45) is 2.41. The van der Waals surface area contributed by atoms with Gasteiger partial charge in [-0.15, -0.1) is 0 Å². The highest BCUT2D eigenvalue weighted by atomic mass is 19.1. The Kier molecular flexibility index (Phi) is 8.39. The van der Waals surface area contributed by atoms with Gasteiger partial charge in [0, 0.05) is 18.3 Å². The molecule has 0 saturated carbocycles. The van der Waals surface area contributed by atoms with E-state index in [0.29, 0.717) is 19.6 Å². The van der Waals surface area contributed by atoms with Crippen LogP contribution in [0.25, 0.3) is 22.2 Å². The standard InChI is InChI=1S/C31H35FN4O/c1-6-33-31(27(20(3)4)16-22-9-8-10-26(32)15-22)34-19-25-17-23(12-14-30(25)37-7-2)24-11-13-28-29(18-24)36-21(5)35-28/h6,8-15,17-18,20,34H,7,16,19H2,1-5H3,(H,35,36)/b31-27+,33-6-. The number of halogens is 1. The van der Waals surface area contributed by atoms with Crippen LogP contribution in [-0.2, 0) is 13.0 Å². The van der Waals surface area contributed by atoms with Crippen molar-refractivity contribution < 1.29 is 9.13 Å². The van der Waals surface area contributed by atoms with E-state index in [4.69, 9.17) is 4.74 Å². The molecule has 0 spiro atoms. The van der Waals surface area contributed by atoms with Crippen molar-refractivity contribution in [3.05, 3.63) is 94.8 Å². The van der Waals surface area contributed by atoms with Crippen LogP contribution in [0.2, 0.25) is 0 Å². The summed E-state index contributed by atoms with van der Waals surface area (Å²) < 4.78 is 19.8. The molecule has 1 heterocycles. The second kappa shape index (κ2) is 11.9. The molecule has 5 nitrogen and oxygen atoms in total. The first-order chi connectivity index (χ1) is 17.9. The zero-order valence-corrected chi connectivity index (χ0v) is 22.2. The number of hydrogen-bond acceptors (Lipinski definition) is 4. The van der Waals surface area contributed by atoms with E-state index in [0.717, 1.165) is 56.3 Å². The van der Waals surface area contributed by atoms with Gasteiger partial charge in [0.2, 0.25) is 0 Å². The zero-order valence-electron chi connectivity index (χ0n) is 22.2. The molecule has 0 unspecified atom stereocenters. The smallest absolute Gasteiger partial charge is 0.125 e. The summed E-state index contributed by atoms with van der Waals surface area (Å²) in [6, 6.07) is 19.3. The molecule has 0 fully saturated rings. The lowest BCUT2D eigenvalue weighted by molar-refractivity contribution is 0.336. The van der Waals surface area contributed by atoms with Crippen LogP contribution in [0.15, 0.2) is 77.1 Å². The van der Waals surface area contributed by atoms with Gasteiger partial charge in [-0.1, -0.05) is 38.1 Å². The van der Waals surface area contributed by atoms with Crippen molar-refractivity contribution in [3.8, 4) is 16.9 Å². The van der Waals surface area contributed by atoms with Gasteiger partial charge in [-0.3, -0.25) is 0 Å². The minimum Gasteiger partial charge on any atom is -0.494 e. The summed E-state index contributed by atoms with van der Waals surface area (Å²) in [5.41, 5.74) is 7.27. The molecule has 192 valence electrons. The second-order valence-electron chi connectivity index (χ2n) is 9.39. The molecule has 0 aliphatic heterocycles. The largest absolute Gasteiger partial charge is 0.494 e. The van der Waals surface area contributed by atoms with Crippen LogP contribution in [0.3, 0.4) is 0 Å². The molecule has 4 aromatic rings. The van der Waals surface area contributed by atoms with E-state index in [1.807, 2.05) is 39.0 Å². The fourth-order valence-corrected chi connectivity index (χ4v) is 4.49. The maximum absolute atomic E-state index is 13.8. The number of rotatable bonds is 10. The van der Waals surface area contributed by atoms with Crippen LogP contribution in [-0.4, -0.2) is 22.8 Å². The van der Waals surface area contributed by atoms with E-state index in [2.05, 4.69) is 58.4 Å². The summed E-state index contributed by atoms with van der Waals surface area (Å²) in [6.45, 7) is 11.3. The Bertz CT molecular complexity index is 1430. The van der Waals surface area contributed by atoms with Crippen LogP contribution in [0.1, 0.15) is 44.6 Å². The average Bonchev–Trinajstić information content (AvgIpc) is 3.25. The summed E-state index contributed by atoms with van der Waals surface area (Å²) in [5.74, 6) is 2.56. The van der Waals surface area contributed by atoms with Gasteiger partial charge in [0.05, 0.1) is 17.6 Å². The third kappa shape index (κ3) is 6.45. The predicted octanol–water partition coefficient (Wildman–Crippen LogP) is 7.37. The Morgan fingerprint density at radius 2 is 1.89 bits per heavy atom. The lowest BCUT2D eigenvalue weighted by atomic mass is 9.95. The minimum absolute atomic E-state index is 0.226. The summed E-state index contributed by atoms with van der Waals surface area (Å²) in [7, 11) is 0. The second-order valence-corrected chi connectivity index (χ2v) is 9.39. The summed E-state index contributed by atoms with van der Waals surface area (Å²) >= 11 is 0. The van der Waals surface area contributed by atoms with Crippen molar-refractivity contribution in [1.29, 1.82) is 0 Å². The van der Waals surface area contributed by atoms with Crippen molar-refractivity contribution >= 4 is 17.2 Å². The number of aryl methyl sites for hydroxylation is 1. The molecule has 4 rings (SSSR count). The van der Waals surface area contributed by atoms with E-state index < -0.39 is 0 Å². The average molecular weight is 499 g/mol. The normalized spacial score (nSPS) is 12.4. The molecule has 2 N–H and O–H groups in total. The number of aromatic amines is 1. The van der Waals surface area contributed by atoms with Crippen molar-refractivity contribution in [2.45, 2.75) is 47.6 Å².